The number of allylic oxidation sites excluding steroid dienone is 1. The number of rotatable bonds is 23. The smallest absolute Gasteiger partial charge is 0.187 e. The molecule has 3 unspecified atom stereocenters. The molecule has 10 aliphatic rings. The topological polar surface area (TPSA) is 556 Å². The summed E-state index contributed by atoms with van der Waals surface area (Å²) in [6.45, 7) is 11.3. The molecule has 0 aromatic heterocycles. The molecule has 0 bridgehead atoms. The SMILES string of the molecule is C[C@H](CC[C@@H](O[C@@H]1O[C@H](CO[C@@H]2O[C@H](CO)[C@@H](O)[C@H](O)[C@H]2O)[C@@H](O)[C@H](O)[C@H]1O[C@H]1O[C@@H](CO)[C@H](O)[C@@H](O)[C@@H]1O)C(C)(C)O)C1CC[C@@]2(C)C3CC=C4C(CC[C@H](O[C@@H]5O[C@H](CO)[C@@H](O)[C@H](O)[C@H]5O[C@H]5O[C@@H](CO[C@@H]6O[C@H](CO)[C@@H](O)[C@H](O)[C@H]6O)[C@H](O)[C@@H](O)[C@@H]5O)C4(C)C)[C@]3(C)[C@H](O)C[C@]12C. The standard InChI is InChI=1S/C66H112O34/c1-24(9-13-37(63(4,5)88)98-61-55(99-58-52(86)46(80)40(74)30(20-69)93-58)49(83)43(77)33(96-61)23-90-57-51(85)45(79)39(73)29(19-68)92-57)25-15-16-64(6)34-12-10-26-27(66(34,8)35(71)17-65(25,64)7)11-14-36(62(26,2)3)97-60-54(48(82)41(75)31(21-70)94-60)100-59-53(87)47(81)42(76)32(95-59)22-89-56-50(84)44(78)38(72)28(18-67)91-56/h10,24-25,27-61,67-88H,9,11-23H2,1-8H3/t24-,25?,27?,28-,29-,30+,31-,32+,33-,34?,35-,36+,37-,38-,39-,40+,41-,42+,43-,44+,45+,46-,47-,48+,49+,50-,51-,52+,53+,54-,55-,56-,57-,58-,59-,60+,61+,64+,65-,66+/m1/s1. The van der Waals surface area contributed by atoms with E-state index in [1.807, 2.05) is 13.8 Å². The van der Waals surface area contributed by atoms with Crippen molar-refractivity contribution >= 4 is 0 Å². The molecule has 6 heterocycles. The van der Waals surface area contributed by atoms with Crippen molar-refractivity contribution in [3.63, 3.8) is 0 Å². The summed E-state index contributed by atoms with van der Waals surface area (Å²) in [5, 5.41) is 239. The van der Waals surface area contributed by atoms with E-state index in [4.69, 9.17) is 56.8 Å². The molecule has 580 valence electrons. The number of hydrogen-bond donors (Lipinski definition) is 22. The third-order valence-electron chi connectivity index (χ3n) is 25.0. The molecule has 6 aliphatic heterocycles. The molecule has 0 aromatic rings. The van der Waals surface area contributed by atoms with E-state index >= 15 is 0 Å². The molecule has 6 saturated heterocycles. The minimum Gasteiger partial charge on any atom is -0.394 e. The first-order chi connectivity index (χ1) is 46.9. The summed E-state index contributed by atoms with van der Waals surface area (Å²) in [6, 6.07) is 0. The van der Waals surface area contributed by atoms with Crippen LogP contribution >= 0.6 is 0 Å². The van der Waals surface area contributed by atoms with Gasteiger partial charge in [-0.05, 0) is 99.7 Å². The van der Waals surface area contributed by atoms with Gasteiger partial charge in [0.15, 0.2) is 37.7 Å². The lowest BCUT2D eigenvalue weighted by Crippen LogP contribution is -2.66. The lowest BCUT2D eigenvalue weighted by molar-refractivity contribution is -0.380. The van der Waals surface area contributed by atoms with E-state index in [1.54, 1.807) is 0 Å². The summed E-state index contributed by atoms with van der Waals surface area (Å²) in [7, 11) is 0. The van der Waals surface area contributed by atoms with Crippen LogP contribution in [0, 0.1) is 45.3 Å². The summed E-state index contributed by atoms with van der Waals surface area (Å²) in [6.07, 6.45) is -48.5. The Kier molecular flexibility index (Phi) is 25.5. The Morgan fingerprint density at radius 1 is 0.460 bits per heavy atom. The highest BCUT2D eigenvalue weighted by Crippen LogP contribution is 2.75. The van der Waals surface area contributed by atoms with Crippen molar-refractivity contribution in [1.29, 1.82) is 0 Å². The highest BCUT2D eigenvalue weighted by Gasteiger charge is 2.71. The van der Waals surface area contributed by atoms with E-state index in [0.29, 0.717) is 32.1 Å². The fraction of sp³-hybridized carbons (Fsp3) is 0.970. The molecular formula is C66H112O34. The van der Waals surface area contributed by atoms with Gasteiger partial charge in [0.25, 0.3) is 0 Å². The van der Waals surface area contributed by atoms with E-state index in [0.717, 1.165) is 18.4 Å². The van der Waals surface area contributed by atoms with Crippen LogP contribution in [0.5, 0.6) is 0 Å². The van der Waals surface area contributed by atoms with Gasteiger partial charge in [-0.25, -0.2) is 0 Å². The maximum absolute atomic E-state index is 13.0. The monoisotopic (exact) mass is 1450 g/mol. The Balaban J connectivity index is 0.828. The van der Waals surface area contributed by atoms with Crippen LogP contribution in [0.3, 0.4) is 0 Å². The van der Waals surface area contributed by atoms with Crippen molar-refractivity contribution in [3.8, 4) is 0 Å². The Labute approximate surface area is 579 Å². The van der Waals surface area contributed by atoms with Crippen LogP contribution in [0.2, 0.25) is 0 Å². The zero-order chi connectivity index (χ0) is 73.5. The molecule has 10 rings (SSSR count). The van der Waals surface area contributed by atoms with Gasteiger partial charge >= 0.3 is 0 Å². The molecule has 0 aromatic carbocycles. The summed E-state index contributed by atoms with van der Waals surface area (Å²) in [5.74, 6) is -0.257. The molecule has 34 nitrogen and oxygen atoms in total. The summed E-state index contributed by atoms with van der Waals surface area (Å²) in [5.41, 5.74) is -2.90. The fourth-order valence-electron chi connectivity index (χ4n) is 18.5. The van der Waals surface area contributed by atoms with Crippen molar-refractivity contribution in [3.05, 3.63) is 11.6 Å². The number of aliphatic hydroxyl groups is 22. The van der Waals surface area contributed by atoms with Crippen LogP contribution in [-0.2, 0) is 56.8 Å². The van der Waals surface area contributed by atoms with E-state index in [2.05, 4.69) is 33.8 Å². The molecule has 0 radical (unpaired) electrons. The highest BCUT2D eigenvalue weighted by atomic mass is 16.8. The maximum Gasteiger partial charge on any atom is 0.187 e. The first kappa shape index (κ1) is 80.9. The second-order valence-corrected chi connectivity index (χ2v) is 31.5. The maximum atomic E-state index is 13.0. The molecule has 0 amide bonds. The van der Waals surface area contributed by atoms with Crippen molar-refractivity contribution in [2.75, 3.05) is 39.6 Å². The van der Waals surface area contributed by atoms with E-state index in [-0.39, 0.29) is 35.5 Å². The molecule has 9 fully saturated rings. The van der Waals surface area contributed by atoms with Crippen LogP contribution in [0.1, 0.15) is 107 Å². The largest absolute Gasteiger partial charge is 0.394 e. The molecule has 4 aliphatic carbocycles. The molecule has 3 saturated carbocycles. The normalized spacial score (nSPS) is 52.1. The number of hydrogen-bond acceptors (Lipinski definition) is 34. The molecule has 22 N–H and O–H groups in total. The van der Waals surface area contributed by atoms with Gasteiger partial charge in [-0.1, -0.05) is 53.2 Å². The lowest BCUT2D eigenvalue weighted by Gasteiger charge is -2.67. The minimum atomic E-state index is -1.99. The van der Waals surface area contributed by atoms with Crippen LogP contribution in [0.15, 0.2) is 11.6 Å². The van der Waals surface area contributed by atoms with Crippen molar-refractivity contribution in [1.82, 2.24) is 0 Å². The fourth-order valence-corrected chi connectivity index (χ4v) is 18.5. The van der Waals surface area contributed by atoms with Crippen molar-refractivity contribution in [2.24, 2.45) is 45.3 Å². The van der Waals surface area contributed by atoms with Crippen molar-refractivity contribution < 1.29 is 169 Å². The van der Waals surface area contributed by atoms with Gasteiger partial charge < -0.3 is 169 Å². The van der Waals surface area contributed by atoms with Crippen LogP contribution < -0.4 is 0 Å². The second-order valence-electron chi connectivity index (χ2n) is 31.5. The molecule has 100 heavy (non-hydrogen) atoms. The highest BCUT2D eigenvalue weighted by molar-refractivity contribution is 5.32. The average molecular weight is 1450 g/mol. The van der Waals surface area contributed by atoms with Gasteiger partial charge in [-0.3, -0.25) is 0 Å². The third kappa shape index (κ3) is 14.8. The summed E-state index contributed by atoms with van der Waals surface area (Å²) in [4.78, 5) is 0. The Hall–Kier alpha value is -1.62. The zero-order valence-corrected chi connectivity index (χ0v) is 57.6. The zero-order valence-electron chi connectivity index (χ0n) is 57.6. The predicted molar refractivity (Wildman–Crippen MR) is 333 cm³/mol. The molecular weight excluding hydrogens is 1340 g/mol. The van der Waals surface area contributed by atoms with Gasteiger partial charge in [0, 0.05) is 10.8 Å². The van der Waals surface area contributed by atoms with Crippen LogP contribution in [-0.4, -0.2) is 360 Å². The predicted octanol–water partition coefficient (Wildman–Crippen LogP) is -7.58. The molecule has 0 spiro atoms. The second kappa shape index (κ2) is 31.5. The van der Waals surface area contributed by atoms with Crippen molar-refractivity contribution in [2.45, 2.75) is 315 Å². The first-order valence-electron chi connectivity index (χ1n) is 35.1. The Morgan fingerprint density at radius 2 is 0.860 bits per heavy atom. The first-order valence-corrected chi connectivity index (χ1v) is 35.1. The van der Waals surface area contributed by atoms with Crippen LogP contribution in [0.25, 0.3) is 0 Å². The number of ether oxygens (including phenoxy) is 12. The number of aliphatic hydroxyl groups excluding tert-OH is 21. The van der Waals surface area contributed by atoms with E-state index < -0.39 is 264 Å². The third-order valence-corrected chi connectivity index (χ3v) is 25.0. The summed E-state index contributed by atoms with van der Waals surface area (Å²) < 4.78 is 71.6. The lowest BCUT2D eigenvalue weighted by atomic mass is 9.38. The Bertz CT molecular complexity index is 2670. The van der Waals surface area contributed by atoms with Gasteiger partial charge in [0.2, 0.25) is 0 Å². The molecule has 34 heteroatoms. The minimum absolute atomic E-state index is 0.0192. The van der Waals surface area contributed by atoms with E-state index in [1.165, 1.54) is 13.8 Å². The van der Waals surface area contributed by atoms with Gasteiger partial charge in [-0.15, -0.1) is 0 Å². The van der Waals surface area contributed by atoms with Gasteiger partial charge in [0.05, 0.1) is 63.6 Å². The quantitative estimate of drug-likeness (QED) is 0.0423. The average Bonchev–Trinajstić information content (AvgIpc) is 1.33. The van der Waals surface area contributed by atoms with E-state index in [9.17, 15) is 112 Å². The summed E-state index contributed by atoms with van der Waals surface area (Å²) >= 11 is 0. The molecule has 40 atom stereocenters. The van der Waals surface area contributed by atoms with Gasteiger partial charge in [0.1, 0.15) is 146 Å². The Morgan fingerprint density at radius 3 is 1.33 bits per heavy atom. The number of fused-ring (bicyclic) bond motifs is 5. The van der Waals surface area contributed by atoms with Crippen LogP contribution in [0.4, 0.5) is 0 Å². The van der Waals surface area contributed by atoms with Gasteiger partial charge in [-0.2, -0.15) is 0 Å².